The van der Waals surface area contributed by atoms with Crippen LogP contribution in [0.2, 0.25) is 0 Å². The second kappa shape index (κ2) is 9.97. The van der Waals surface area contributed by atoms with Crippen LogP contribution in [0.1, 0.15) is 53.3 Å². The molecule has 6 rings (SSSR count). The Morgan fingerprint density at radius 2 is 1.98 bits per heavy atom. The van der Waals surface area contributed by atoms with Crippen molar-refractivity contribution in [3.05, 3.63) is 76.7 Å². The minimum atomic E-state index is -3.79. The highest BCUT2D eigenvalue weighted by atomic mass is 32.2. The lowest BCUT2D eigenvalue weighted by Crippen LogP contribution is -2.39. The lowest BCUT2D eigenvalue weighted by atomic mass is 9.89. The van der Waals surface area contributed by atoms with Gasteiger partial charge in [0.2, 0.25) is 10.0 Å². The Bertz CT molecular complexity index is 1730. The van der Waals surface area contributed by atoms with Crippen LogP contribution in [0.4, 0.5) is 5.82 Å². The summed E-state index contributed by atoms with van der Waals surface area (Å²) < 4.78 is 31.2. The molecule has 4 aromatic rings. The number of carboxylic acid groups (broad SMARTS) is 1. The van der Waals surface area contributed by atoms with Crippen molar-refractivity contribution >= 4 is 32.8 Å². The number of carboxylic acids is 1. The van der Waals surface area contributed by atoms with Gasteiger partial charge < -0.3 is 14.6 Å². The molecule has 0 aliphatic carbocycles. The number of rotatable bonds is 6. The number of aliphatic carboxylic acids is 1. The SMILES string of the molecule is Cc1cc2cc([C@H](CC(=O)O)c3ccc(C)c(CN4C[C@H]5CCCN5c5ncccc5S4(=O)=O)c3)n(C)c2nn1. The molecular weight excluding hydrogens is 528 g/mol. The van der Waals surface area contributed by atoms with Gasteiger partial charge in [-0.05, 0) is 67.6 Å². The molecule has 10 nitrogen and oxygen atoms in total. The van der Waals surface area contributed by atoms with E-state index in [-0.39, 0.29) is 23.9 Å². The van der Waals surface area contributed by atoms with Crippen LogP contribution in [0.25, 0.3) is 11.0 Å². The third kappa shape index (κ3) is 4.52. The van der Waals surface area contributed by atoms with Crippen molar-refractivity contribution in [2.45, 2.75) is 56.5 Å². The molecule has 3 aromatic heterocycles. The number of fused-ring (bicyclic) bond motifs is 4. The third-order valence-corrected chi connectivity index (χ3v) is 10.1. The van der Waals surface area contributed by atoms with E-state index >= 15 is 0 Å². The van der Waals surface area contributed by atoms with Crippen molar-refractivity contribution in [3.8, 4) is 0 Å². The Labute approximate surface area is 233 Å². The lowest BCUT2D eigenvalue weighted by molar-refractivity contribution is -0.137. The van der Waals surface area contributed by atoms with Crippen molar-refractivity contribution in [2.75, 3.05) is 18.0 Å². The molecule has 11 heteroatoms. The van der Waals surface area contributed by atoms with E-state index in [2.05, 4.69) is 20.1 Å². The Kier molecular flexibility index (Phi) is 6.58. The molecule has 0 unspecified atom stereocenters. The standard InChI is InChI=1S/C29H32N6O4S/c1-18-8-9-20(24(15-27(36)37)25-14-21-12-19(2)31-32-28(21)33(25)3)13-22(18)16-34-17-23-6-5-11-35(23)29-26(40(34,38)39)7-4-10-30-29/h4,7-10,12-14,23-24H,5-6,11,15-17H2,1-3H3,(H,36,37)/t23-,24-/m1/s1. The maximum atomic E-state index is 13.9. The molecule has 2 atom stereocenters. The minimum Gasteiger partial charge on any atom is -0.481 e. The summed E-state index contributed by atoms with van der Waals surface area (Å²) in [5.41, 5.74) is 4.90. The molecule has 1 aromatic carbocycles. The van der Waals surface area contributed by atoms with Gasteiger partial charge in [-0.25, -0.2) is 13.4 Å². The van der Waals surface area contributed by atoms with Crippen LogP contribution in [-0.4, -0.2) is 62.7 Å². The normalized spacial score (nSPS) is 19.3. The molecule has 40 heavy (non-hydrogen) atoms. The summed E-state index contributed by atoms with van der Waals surface area (Å²) in [6, 6.07) is 13.1. The lowest BCUT2D eigenvalue weighted by Gasteiger charge is -2.26. The van der Waals surface area contributed by atoms with E-state index < -0.39 is 21.9 Å². The van der Waals surface area contributed by atoms with Gasteiger partial charge in [0.1, 0.15) is 10.7 Å². The quantitative estimate of drug-likeness (QED) is 0.378. The number of aromatic nitrogens is 4. The van der Waals surface area contributed by atoms with E-state index in [9.17, 15) is 18.3 Å². The van der Waals surface area contributed by atoms with Crippen LogP contribution < -0.4 is 4.90 Å². The Morgan fingerprint density at radius 1 is 1.15 bits per heavy atom. The van der Waals surface area contributed by atoms with Gasteiger partial charge in [-0.1, -0.05) is 18.2 Å². The van der Waals surface area contributed by atoms with E-state index in [1.807, 2.05) is 55.8 Å². The van der Waals surface area contributed by atoms with Gasteiger partial charge in [0, 0.05) is 55.9 Å². The zero-order chi connectivity index (χ0) is 28.2. The van der Waals surface area contributed by atoms with Gasteiger partial charge in [-0.15, -0.1) is 5.10 Å². The fraction of sp³-hybridized carbons (Fsp3) is 0.379. The van der Waals surface area contributed by atoms with Crippen molar-refractivity contribution in [1.29, 1.82) is 0 Å². The Hall–Kier alpha value is -3.83. The number of benzene rings is 1. The van der Waals surface area contributed by atoms with Gasteiger partial charge in [0.05, 0.1) is 12.1 Å². The van der Waals surface area contributed by atoms with Gasteiger partial charge in [-0.2, -0.15) is 9.40 Å². The molecule has 0 amide bonds. The molecule has 1 fully saturated rings. The number of aryl methyl sites for hydroxylation is 3. The number of nitrogens with zero attached hydrogens (tertiary/aromatic N) is 6. The monoisotopic (exact) mass is 560 g/mol. The summed E-state index contributed by atoms with van der Waals surface area (Å²) in [7, 11) is -1.92. The number of sulfonamides is 1. The molecule has 0 radical (unpaired) electrons. The highest BCUT2D eigenvalue weighted by Gasteiger charge is 2.40. The molecule has 2 aliphatic heterocycles. The second-order valence-corrected chi connectivity index (χ2v) is 12.7. The van der Waals surface area contributed by atoms with E-state index in [4.69, 9.17) is 0 Å². The summed E-state index contributed by atoms with van der Waals surface area (Å²) in [5.74, 6) is -0.832. The molecule has 5 heterocycles. The van der Waals surface area contributed by atoms with Crippen LogP contribution in [-0.2, 0) is 28.4 Å². The summed E-state index contributed by atoms with van der Waals surface area (Å²) in [5, 5.41) is 19.2. The zero-order valence-corrected chi connectivity index (χ0v) is 23.6. The van der Waals surface area contributed by atoms with Crippen LogP contribution in [0.5, 0.6) is 0 Å². The second-order valence-electron chi connectivity index (χ2n) is 10.8. The number of hydrogen-bond acceptors (Lipinski definition) is 7. The Morgan fingerprint density at radius 3 is 2.77 bits per heavy atom. The summed E-state index contributed by atoms with van der Waals surface area (Å²) >= 11 is 0. The summed E-state index contributed by atoms with van der Waals surface area (Å²) in [4.78, 5) is 18.8. The molecular formula is C29H32N6O4S. The van der Waals surface area contributed by atoms with Crippen LogP contribution in [0.15, 0.2) is 53.6 Å². The fourth-order valence-electron chi connectivity index (χ4n) is 6.14. The zero-order valence-electron chi connectivity index (χ0n) is 22.8. The Balaban J connectivity index is 1.40. The maximum absolute atomic E-state index is 13.9. The number of anilines is 1. The minimum absolute atomic E-state index is 0.0644. The third-order valence-electron chi connectivity index (χ3n) is 8.22. The van der Waals surface area contributed by atoms with Gasteiger partial charge in [0.25, 0.3) is 0 Å². The van der Waals surface area contributed by atoms with Gasteiger partial charge in [-0.3, -0.25) is 4.79 Å². The smallest absolute Gasteiger partial charge is 0.304 e. The molecule has 208 valence electrons. The average Bonchev–Trinajstić information content (AvgIpc) is 3.49. The highest BCUT2D eigenvalue weighted by molar-refractivity contribution is 7.89. The van der Waals surface area contributed by atoms with Crippen molar-refractivity contribution < 1.29 is 18.3 Å². The summed E-state index contributed by atoms with van der Waals surface area (Å²) in [6.07, 6.45) is 3.44. The van der Waals surface area contributed by atoms with Gasteiger partial charge in [0.15, 0.2) is 5.65 Å². The first-order chi connectivity index (χ1) is 19.1. The van der Waals surface area contributed by atoms with Crippen LogP contribution >= 0.6 is 0 Å². The number of pyridine rings is 1. The molecule has 2 aliphatic rings. The largest absolute Gasteiger partial charge is 0.481 e. The van der Waals surface area contributed by atoms with E-state index in [1.165, 1.54) is 0 Å². The number of carbonyl (C=O) groups is 1. The predicted molar refractivity (Wildman–Crippen MR) is 151 cm³/mol. The van der Waals surface area contributed by atoms with E-state index in [1.54, 1.807) is 22.6 Å². The molecule has 0 bridgehead atoms. The molecule has 0 spiro atoms. The molecule has 0 saturated carbocycles. The summed E-state index contributed by atoms with van der Waals surface area (Å²) in [6.45, 7) is 5.19. The van der Waals surface area contributed by atoms with Crippen LogP contribution in [0, 0.1) is 13.8 Å². The topological polar surface area (TPSA) is 122 Å². The molecule has 1 N–H and O–H groups in total. The highest BCUT2D eigenvalue weighted by Crippen LogP contribution is 2.37. The first-order valence-electron chi connectivity index (χ1n) is 13.5. The number of hydrogen-bond donors (Lipinski definition) is 1. The van der Waals surface area contributed by atoms with E-state index in [0.717, 1.165) is 52.9 Å². The van der Waals surface area contributed by atoms with E-state index in [0.29, 0.717) is 18.0 Å². The maximum Gasteiger partial charge on any atom is 0.304 e. The predicted octanol–water partition coefficient (Wildman–Crippen LogP) is 3.76. The van der Waals surface area contributed by atoms with Crippen LogP contribution in [0.3, 0.4) is 0 Å². The first-order valence-corrected chi connectivity index (χ1v) is 14.9. The average molecular weight is 561 g/mol. The molecule has 1 saturated heterocycles. The fourth-order valence-corrected chi connectivity index (χ4v) is 7.75. The first kappa shape index (κ1) is 26.4. The van der Waals surface area contributed by atoms with Crippen molar-refractivity contribution in [2.24, 2.45) is 7.05 Å². The van der Waals surface area contributed by atoms with Gasteiger partial charge >= 0.3 is 5.97 Å². The van der Waals surface area contributed by atoms with Crippen molar-refractivity contribution in [1.82, 2.24) is 24.1 Å². The van der Waals surface area contributed by atoms with Crippen molar-refractivity contribution in [3.63, 3.8) is 0 Å².